The van der Waals surface area contributed by atoms with Crippen molar-refractivity contribution in [3.8, 4) is 0 Å². The molecule has 30 heavy (non-hydrogen) atoms. The zero-order chi connectivity index (χ0) is 20.5. The van der Waals surface area contributed by atoms with Crippen LogP contribution in [0.1, 0.15) is 6.42 Å². The van der Waals surface area contributed by atoms with E-state index in [2.05, 4.69) is 14.8 Å². The molecule has 3 aromatic heterocycles. The summed E-state index contributed by atoms with van der Waals surface area (Å²) in [7, 11) is 0. The molecule has 5 rings (SSSR count). The van der Waals surface area contributed by atoms with E-state index in [1.807, 2.05) is 36.8 Å². The second-order valence-electron chi connectivity index (χ2n) is 7.74. The molecule has 0 N–H and O–H groups in total. The maximum absolute atomic E-state index is 13.8. The van der Waals surface area contributed by atoms with Gasteiger partial charge in [0, 0.05) is 57.0 Å². The first-order valence-corrected chi connectivity index (χ1v) is 10.4. The van der Waals surface area contributed by atoms with Crippen LogP contribution < -0.4 is 10.5 Å². The van der Waals surface area contributed by atoms with E-state index in [1.165, 1.54) is 17.8 Å². The lowest BCUT2D eigenvalue weighted by Gasteiger charge is -2.36. The van der Waals surface area contributed by atoms with Crippen LogP contribution in [0.2, 0.25) is 0 Å². The van der Waals surface area contributed by atoms with Gasteiger partial charge in [-0.1, -0.05) is 0 Å². The van der Waals surface area contributed by atoms with Gasteiger partial charge in [-0.3, -0.25) is 14.7 Å². The lowest BCUT2D eigenvalue weighted by molar-refractivity contribution is 0.250. The van der Waals surface area contributed by atoms with Gasteiger partial charge in [0.25, 0.3) is 5.56 Å². The van der Waals surface area contributed by atoms with Gasteiger partial charge < -0.3 is 13.9 Å². The molecule has 0 bridgehead atoms. The summed E-state index contributed by atoms with van der Waals surface area (Å²) in [5.41, 5.74) is 3.27. The zero-order valence-electron chi connectivity index (χ0n) is 16.7. The number of benzene rings is 1. The van der Waals surface area contributed by atoms with E-state index in [1.54, 1.807) is 21.1 Å². The fourth-order valence-corrected chi connectivity index (χ4v) is 4.39. The largest absolute Gasteiger partial charge is 0.369 e. The highest BCUT2D eigenvalue weighted by Gasteiger charge is 2.17. The van der Waals surface area contributed by atoms with Gasteiger partial charge in [-0.2, -0.15) is 0 Å². The molecule has 6 nitrogen and oxygen atoms in total. The van der Waals surface area contributed by atoms with Gasteiger partial charge >= 0.3 is 0 Å². The number of hydrogen-bond acceptors (Lipinski definition) is 4. The van der Waals surface area contributed by atoms with Crippen LogP contribution in [0.3, 0.4) is 0 Å². The lowest BCUT2D eigenvalue weighted by Crippen LogP contribution is -2.46. The normalized spacial score (nSPS) is 15.3. The smallest absolute Gasteiger partial charge is 0.275 e. The molecule has 0 aliphatic carbocycles. The number of piperazine rings is 1. The molecular weight excluding hydrogens is 381 g/mol. The first kappa shape index (κ1) is 18.8. The van der Waals surface area contributed by atoms with E-state index in [0.29, 0.717) is 12.1 Å². The Morgan fingerprint density at radius 3 is 2.50 bits per heavy atom. The molecule has 0 saturated carbocycles. The molecule has 4 aromatic rings. The van der Waals surface area contributed by atoms with Crippen LogP contribution in [-0.2, 0) is 6.54 Å². The van der Waals surface area contributed by atoms with Crippen molar-refractivity contribution >= 4 is 22.2 Å². The molecule has 0 unspecified atom stereocenters. The molecule has 0 spiro atoms. The molecule has 154 valence electrons. The minimum atomic E-state index is -0.297. The van der Waals surface area contributed by atoms with Crippen LogP contribution in [0, 0.1) is 5.82 Å². The molecule has 0 atom stereocenters. The Morgan fingerprint density at radius 2 is 1.70 bits per heavy atom. The van der Waals surface area contributed by atoms with Crippen LogP contribution in [0.25, 0.3) is 16.6 Å². The summed E-state index contributed by atoms with van der Waals surface area (Å²) < 4.78 is 17.4. The van der Waals surface area contributed by atoms with E-state index in [4.69, 9.17) is 0 Å². The number of pyridine rings is 1. The predicted molar refractivity (Wildman–Crippen MR) is 117 cm³/mol. The van der Waals surface area contributed by atoms with Crippen molar-refractivity contribution in [3.05, 3.63) is 77.2 Å². The number of anilines is 1. The molecule has 0 amide bonds. The Bertz CT molecular complexity index is 1230. The second-order valence-corrected chi connectivity index (χ2v) is 7.74. The van der Waals surface area contributed by atoms with Crippen LogP contribution >= 0.6 is 0 Å². The number of aryl methyl sites for hydroxylation is 1. The first-order valence-electron chi connectivity index (χ1n) is 10.4. The predicted octanol–water partition coefficient (Wildman–Crippen LogP) is 3.00. The van der Waals surface area contributed by atoms with Crippen molar-refractivity contribution in [2.75, 3.05) is 37.6 Å². The number of hydrogen-bond donors (Lipinski definition) is 0. The Kier molecular flexibility index (Phi) is 4.96. The standard InChI is InChI=1S/C23H24FN5O/c24-18-4-5-20-22(17-18)28-11-1-3-21(28)23(30)29(20)12-2-10-26-13-15-27(16-14-26)19-6-8-25-9-7-19/h1,3-9,11,17H,2,10,12-16H2. The van der Waals surface area contributed by atoms with Crippen LogP contribution in [0.5, 0.6) is 0 Å². The average Bonchev–Trinajstić information content (AvgIpc) is 3.28. The third-order valence-electron chi connectivity index (χ3n) is 5.96. The van der Waals surface area contributed by atoms with Gasteiger partial charge in [-0.15, -0.1) is 0 Å². The minimum Gasteiger partial charge on any atom is -0.369 e. The molecule has 7 heteroatoms. The highest BCUT2D eigenvalue weighted by molar-refractivity contribution is 5.79. The summed E-state index contributed by atoms with van der Waals surface area (Å²) in [6.07, 6.45) is 6.35. The van der Waals surface area contributed by atoms with Crippen molar-refractivity contribution in [1.82, 2.24) is 18.9 Å². The summed E-state index contributed by atoms with van der Waals surface area (Å²) in [5.74, 6) is -0.297. The zero-order valence-corrected chi connectivity index (χ0v) is 16.7. The molecule has 1 aliphatic heterocycles. The van der Waals surface area contributed by atoms with Crippen LogP contribution in [-0.4, -0.2) is 51.6 Å². The third-order valence-corrected chi connectivity index (χ3v) is 5.96. The quantitative estimate of drug-likeness (QED) is 0.512. The first-order chi connectivity index (χ1) is 14.7. The summed E-state index contributed by atoms with van der Waals surface area (Å²) in [5, 5.41) is 0. The van der Waals surface area contributed by atoms with Crippen molar-refractivity contribution in [2.45, 2.75) is 13.0 Å². The van der Waals surface area contributed by atoms with Gasteiger partial charge in [-0.25, -0.2) is 4.39 Å². The highest BCUT2D eigenvalue weighted by atomic mass is 19.1. The van der Waals surface area contributed by atoms with E-state index >= 15 is 0 Å². The topological polar surface area (TPSA) is 45.8 Å². The number of rotatable bonds is 5. The molecule has 1 fully saturated rings. The number of nitrogens with zero attached hydrogens (tertiary/aromatic N) is 5. The van der Waals surface area contributed by atoms with Crippen molar-refractivity contribution in [3.63, 3.8) is 0 Å². The summed E-state index contributed by atoms with van der Waals surface area (Å²) in [6.45, 7) is 5.53. The van der Waals surface area contributed by atoms with Gasteiger partial charge in [0.05, 0.1) is 11.0 Å². The number of aromatic nitrogens is 3. The summed E-state index contributed by atoms with van der Waals surface area (Å²) >= 11 is 0. The maximum atomic E-state index is 13.8. The summed E-state index contributed by atoms with van der Waals surface area (Å²) in [6, 6.07) is 12.3. The Labute approximate surface area is 173 Å². The second kappa shape index (κ2) is 7.91. The lowest BCUT2D eigenvalue weighted by atomic mass is 10.2. The molecular formula is C23H24FN5O. The highest BCUT2D eigenvalue weighted by Crippen LogP contribution is 2.18. The van der Waals surface area contributed by atoms with E-state index in [9.17, 15) is 9.18 Å². The van der Waals surface area contributed by atoms with Gasteiger partial charge in [0.15, 0.2) is 0 Å². The molecule has 1 aliphatic rings. The minimum absolute atomic E-state index is 0.0263. The van der Waals surface area contributed by atoms with Gasteiger partial charge in [-0.05, 0) is 55.4 Å². The average molecular weight is 405 g/mol. The number of halogens is 1. The molecule has 0 radical (unpaired) electrons. The fourth-order valence-electron chi connectivity index (χ4n) is 4.39. The summed E-state index contributed by atoms with van der Waals surface area (Å²) in [4.78, 5) is 21.9. The molecule has 1 aromatic carbocycles. The Morgan fingerprint density at radius 1 is 0.900 bits per heavy atom. The molecule has 1 saturated heterocycles. The third kappa shape index (κ3) is 3.45. The molecule has 4 heterocycles. The van der Waals surface area contributed by atoms with Crippen molar-refractivity contribution < 1.29 is 4.39 Å². The monoisotopic (exact) mass is 405 g/mol. The SMILES string of the molecule is O=c1c2cccn2c2cc(F)ccc2n1CCCN1CCN(c2ccncc2)CC1. The van der Waals surface area contributed by atoms with Gasteiger partial charge in [0.1, 0.15) is 11.3 Å². The Hall–Kier alpha value is -3.19. The van der Waals surface area contributed by atoms with Crippen LogP contribution in [0.4, 0.5) is 10.1 Å². The number of fused-ring (bicyclic) bond motifs is 3. The Balaban J connectivity index is 1.28. The van der Waals surface area contributed by atoms with Crippen molar-refractivity contribution in [2.24, 2.45) is 0 Å². The van der Waals surface area contributed by atoms with Gasteiger partial charge in [0.2, 0.25) is 0 Å². The van der Waals surface area contributed by atoms with E-state index in [-0.39, 0.29) is 11.4 Å². The van der Waals surface area contributed by atoms with E-state index in [0.717, 1.165) is 50.2 Å². The fraction of sp³-hybridized carbons (Fsp3) is 0.304. The van der Waals surface area contributed by atoms with E-state index < -0.39 is 0 Å². The van der Waals surface area contributed by atoms with Crippen molar-refractivity contribution in [1.29, 1.82) is 0 Å². The maximum Gasteiger partial charge on any atom is 0.275 e. The van der Waals surface area contributed by atoms with Crippen LogP contribution in [0.15, 0.2) is 65.8 Å².